The summed E-state index contributed by atoms with van der Waals surface area (Å²) in [6.07, 6.45) is 2.18. The van der Waals surface area contributed by atoms with Crippen LogP contribution in [0.4, 0.5) is 0 Å². The van der Waals surface area contributed by atoms with Crippen LogP contribution in [0.5, 0.6) is 0 Å². The smallest absolute Gasteiger partial charge is 0.240 e. The molecule has 1 atom stereocenters. The Balaban J connectivity index is 1.55. The van der Waals surface area contributed by atoms with Gasteiger partial charge in [-0.25, -0.2) is 13.1 Å². The van der Waals surface area contributed by atoms with Crippen molar-refractivity contribution >= 4 is 26.7 Å². The molecule has 0 radical (unpaired) electrons. The fourth-order valence-corrected chi connectivity index (χ4v) is 5.60. The van der Waals surface area contributed by atoms with Crippen molar-refractivity contribution in [1.29, 1.82) is 0 Å². The first-order valence-electron chi connectivity index (χ1n) is 11.8. The number of carbonyl (C=O) groups excluding carboxylic acids is 1. The SMILES string of the molecule is Cc1ccc(S(=O)(=O)NC[C@@H](Cc2ccc3ccccc3c2)N(C)C(=O)C2CCNCC2)cc1. The van der Waals surface area contributed by atoms with E-state index in [1.54, 1.807) is 36.2 Å². The highest BCUT2D eigenvalue weighted by atomic mass is 32.2. The van der Waals surface area contributed by atoms with Gasteiger partial charge in [0.05, 0.1) is 4.90 Å². The highest BCUT2D eigenvalue weighted by molar-refractivity contribution is 7.89. The van der Waals surface area contributed by atoms with Gasteiger partial charge in [0.1, 0.15) is 0 Å². The zero-order valence-corrected chi connectivity index (χ0v) is 20.6. The number of hydrogen-bond donors (Lipinski definition) is 2. The van der Waals surface area contributed by atoms with E-state index in [4.69, 9.17) is 0 Å². The minimum atomic E-state index is -3.68. The fourth-order valence-electron chi connectivity index (χ4n) is 4.53. The quantitative estimate of drug-likeness (QED) is 0.518. The number of nitrogens with one attached hydrogen (secondary N) is 2. The van der Waals surface area contributed by atoms with Crippen molar-refractivity contribution in [2.45, 2.75) is 37.1 Å². The van der Waals surface area contributed by atoms with Gasteiger partial charge in [0.25, 0.3) is 0 Å². The van der Waals surface area contributed by atoms with Crippen LogP contribution in [0.25, 0.3) is 10.8 Å². The third-order valence-electron chi connectivity index (χ3n) is 6.71. The zero-order chi connectivity index (χ0) is 24.1. The maximum atomic E-state index is 13.3. The van der Waals surface area contributed by atoms with Gasteiger partial charge in [-0.3, -0.25) is 4.79 Å². The summed E-state index contributed by atoms with van der Waals surface area (Å²) in [5.41, 5.74) is 2.07. The lowest BCUT2D eigenvalue weighted by Crippen LogP contribution is -2.49. The highest BCUT2D eigenvalue weighted by Crippen LogP contribution is 2.21. The Bertz CT molecular complexity index is 1240. The number of rotatable bonds is 8. The molecule has 180 valence electrons. The molecule has 0 unspecified atom stereocenters. The minimum absolute atomic E-state index is 0.0286. The second kappa shape index (κ2) is 10.7. The lowest BCUT2D eigenvalue weighted by atomic mass is 9.95. The van der Waals surface area contributed by atoms with Gasteiger partial charge in [0.15, 0.2) is 0 Å². The Morgan fingerprint density at radius 2 is 1.71 bits per heavy atom. The molecule has 1 aliphatic rings. The van der Waals surface area contributed by atoms with Crippen LogP contribution < -0.4 is 10.0 Å². The number of amides is 1. The number of sulfonamides is 1. The molecule has 0 bridgehead atoms. The maximum absolute atomic E-state index is 13.3. The molecule has 0 spiro atoms. The summed E-state index contributed by atoms with van der Waals surface area (Å²) in [5.74, 6) is 0.0564. The first kappa shape index (κ1) is 24.4. The molecule has 0 saturated carbocycles. The molecule has 3 aromatic rings. The number of aryl methyl sites for hydroxylation is 1. The van der Waals surface area contributed by atoms with E-state index >= 15 is 0 Å². The summed E-state index contributed by atoms with van der Waals surface area (Å²) >= 11 is 0. The molecule has 1 fully saturated rings. The average Bonchev–Trinajstić information content (AvgIpc) is 2.86. The van der Waals surface area contributed by atoms with Crippen molar-refractivity contribution in [3.05, 3.63) is 77.9 Å². The van der Waals surface area contributed by atoms with Gasteiger partial charge in [0.2, 0.25) is 15.9 Å². The third-order valence-corrected chi connectivity index (χ3v) is 8.15. The molecule has 2 N–H and O–H groups in total. The van der Waals surface area contributed by atoms with E-state index in [-0.39, 0.29) is 29.3 Å². The van der Waals surface area contributed by atoms with Crippen LogP contribution in [-0.2, 0) is 21.2 Å². The molecular formula is C27H33N3O3S. The van der Waals surface area contributed by atoms with Crippen LogP contribution in [0.1, 0.15) is 24.0 Å². The molecule has 1 heterocycles. The standard InChI is InChI=1S/C27H33N3O3S/c1-20-7-11-26(12-8-20)34(32,33)29-19-25(30(2)27(31)23-13-15-28-16-14-23)18-21-9-10-22-5-3-4-6-24(22)17-21/h3-12,17,23,25,28-29H,13-16,18-19H2,1-2H3/t25-/m1/s1. The number of nitrogens with zero attached hydrogens (tertiary/aromatic N) is 1. The second-order valence-electron chi connectivity index (χ2n) is 9.18. The first-order valence-corrected chi connectivity index (χ1v) is 13.3. The van der Waals surface area contributed by atoms with Gasteiger partial charge in [-0.15, -0.1) is 0 Å². The Kier molecular flexibility index (Phi) is 7.66. The molecule has 1 amide bonds. The van der Waals surface area contributed by atoms with Gasteiger partial charge >= 0.3 is 0 Å². The van der Waals surface area contributed by atoms with Crippen LogP contribution >= 0.6 is 0 Å². The van der Waals surface area contributed by atoms with E-state index in [1.165, 1.54) is 0 Å². The van der Waals surface area contributed by atoms with Gasteiger partial charge in [-0.05, 0) is 67.7 Å². The average molecular weight is 480 g/mol. The van der Waals surface area contributed by atoms with Crippen molar-refractivity contribution in [2.75, 3.05) is 26.7 Å². The molecule has 3 aromatic carbocycles. The molecule has 0 aliphatic carbocycles. The molecule has 6 nitrogen and oxygen atoms in total. The molecule has 34 heavy (non-hydrogen) atoms. The van der Waals surface area contributed by atoms with E-state index in [2.05, 4.69) is 40.4 Å². The van der Waals surface area contributed by atoms with Crippen molar-refractivity contribution < 1.29 is 13.2 Å². The molecule has 4 rings (SSSR count). The zero-order valence-electron chi connectivity index (χ0n) is 19.8. The Morgan fingerprint density at radius 3 is 2.41 bits per heavy atom. The summed E-state index contributed by atoms with van der Waals surface area (Å²) in [6, 6.07) is 20.9. The van der Waals surface area contributed by atoms with E-state index in [0.717, 1.165) is 47.8 Å². The molecule has 0 aromatic heterocycles. The predicted molar refractivity (Wildman–Crippen MR) is 136 cm³/mol. The van der Waals surface area contributed by atoms with Crippen LogP contribution in [0.15, 0.2) is 71.6 Å². The summed E-state index contributed by atoms with van der Waals surface area (Å²) in [6.45, 7) is 3.74. The number of carbonyl (C=O) groups is 1. The summed E-state index contributed by atoms with van der Waals surface area (Å²) in [4.78, 5) is 15.3. The number of fused-ring (bicyclic) bond motifs is 1. The van der Waals surface area contributed by atoms with Crippen molar-refractivity contribution in [3.8, 4) is 0 Å². The van der Waals surface area contributed by atoms with Gasteiger partial charge < -0.3 is 10.2 Å². The summed E-state index contributed by atoms with van der Waals surface area (Å²) < 4.78 is 28.6. The van der Waals surface area contributed by atoms with Crippen LogP contribution in [0.3, 0.4) is 0 Å². The topological polar surface area (TPSA) is 78.5 Å². The monoisotopic (exact) mass is 479 g/mol. The third kappa shape index (κ3) is 5.84. The maximum Gasteiger partial charge on any atom is 0.240 e. The van der Waals surface area contributed by atoms with Crippen LogP contribution in [-0.4, -0.2) is 51.9 Å². The lowest BCUT2D eigenvalue weighted by molar-refractivity contribution is -0.137. The first-order chi connectivity index (χ1) is 16.3. The number of hydrogen-bond acceptors (Lipinski definition) is 4. The van der Waals surface area contributed by atoms with E-state index in [0.29, 0.717) is 6.42 Å². The van der Waals surface area contributed by atoms with Crippen molar-refractivity contribution in [3.63, 3.8) is 0 Å². The van der Waals surface area contributed by atoms with Gasteiger partial charge in [-0.1, -0.05) is 60.2 Å². The predicted octanol–water partition coefficient (Wildman–Crippen LogP) is 3.50. The van der Waals surface area contributed by atoms with Crippen LogP contribution in [0.2, 0.25) is 0 Å². The number of benzene rings is 3. The largest absolute Gasteiger partial charge is 0.341 e. The highest BCUT2D eigenvalue weighted by Gasteiger charge is 2.29. The minimum Gasteiger partial charge on any atom is -0.341 e. The fraction of sp³-hybridized carbons (Fsp3) is 0.370. The van der Waals surface area contributed by atoms with Crippen LogP contribution in [0, 0.1) is 12.8 Å². The normalized spacial score (nSPS) is 15.8. The van der Waals surface area contributed by atoms with Gasteiger partial charge in [0, 0.05) is 25.6 Å². The summed E-state index contributed by atoms with van der Waals surface area (Å²) in [5, 5.41) is 5.58. The van der Waals surface area contributed by atoms with E-state index in [1.807, 2.05) is 19.1 Å². The molecule has 1 aliphatic heterocycles. The number of piperidine rings is 1. The molecule has 7 heteroatoms. The Hall–Kier alpha value is -2.74. The Labute approximate surface area is 202 Å². The number of likely N-dealkylation sites (N-methyl/N-ethyl adjacent to an activating group) is 1. The summed E-state index contributed by atoms with van der Waals surface area (Å²) in [7, 11) is -1.88. The Morgan fingerprint density at radius 1 is 1.03 bits per heavy atom. The molecular weight excluding hydrogens is 446 g/mol. The lowest BCUT2D eigenvalue weighted by Gasteiger charge is -2.33. The molecule has 1 saturated heterocycles. The van der Waals surface area contributed by atoms with E-state index in [9.17, 15) is 13.2 Å². The van der Waals surface area contributed by atoms with Crippen molar-refractivity contribution in [1.82, 2.24) is 14.9 Å². The van der Waals surface area contributed by atoms with Gasteiger partial charge in [-0.2, -0.15) is 0 Å². The van der Waals surface area contributed by atoms with Crippen molar-refractivity contribution in [2.24, 2.45) is 5.92 Å². The van der Waals surface area contributed by atoms with E-state index < -0.39 is 10.0 Å². The second-order valence-corrected chi connectivity index (χ2v) is 10.9.